The van der Waals surface area contributed by atoms with E-state index in [9.17, 15) is 4.79 Å². The summed E-state index contributed by atoms with van der Waals surface area (Å²) in [5, 5.41) is 7.58. The third-order valence-corrected chi connectivity index (χ3v) is 4.30. The average Bonchev–Trinajstić information content (AvgIpc) is 3.00. The molecule has 6 nitrogen and oxygen atoms in total. The monoisotopic (exact) mass is 473 g/mol. The number of nitrogens with one attached hydrogen (secondary N) is 2. The van der Waals surface area contributed by atoms with Crippen LogP contribution < -0.4 is 10.6 Å². The van der Waals surface area contributed by atoms with Gasteiger partial charge in [-0.3, -0.25) is 9.79 Å². The molecule has 0 atom stereocenters. The highest BCUT2D eigenvalue weighted by Crippen LogP contribution is 2.10. The Morgan fingerprint density at radius 1 is 1.20 bits per heavy atom. The second-order valence-corrected chi connectivity index (χ2v) is 6.84. The maximum atomic E-state index is 11.9. The third-order valence-electron chi connectivity index (χ3n) is 3.39. The first-order chi connectivity index (χ1) is 11.5. The Bertz CT molecular complexity index is 712. The number of hydrogen-bond donors (Lipinski definition) is 2. The van der Waals surface area contributed by atoms with Crippen LogP contribution in [0.15, 0.2) is 35.5 Å². The van der Waals surface area contributed by atoms with Gasteiger partial charge in [0, 0.05) is 44.3 Å². The molecule has 0 saturated heterocycles. The predicted molar refractivity (Wildman–Crippen MR) is 114 cm³/mol. The van der Waals surface area contributed by atoms with Crippen molar-refractivity contribution in [2.75, 3.05) is 21.1 Å². The number of aliphatic imine (C=N–C) groups is 1. The Morgan fingerprint density at radius 3 is 2.36 bits per heavy atom. The summed E-state index contributed by atoms with van der Waals surface area (Å²) in [6.07, 6.45) is 1.88. The number of rotatable bonds is 5. The third kappa shape index (κ3) is 6.62. The predicted octanol–water partition coefficient (Wildman–Crippen LogP) is 2.64. The van der Waals surface area contributed by atoms with Gasteiger partial charge in [-0.1, -0.05) is 12.1 Å². The highest BCUT2D eigenvalue weighted by atomic mass is 127. The highest BCUT2D eigenvalue weighted by molar-refractivity contribution is 14.0. The van der Waals surface area contributed by atoms with E-state index in [1.54, 1.807) is 37.4 Å². The number of carbonyl (C=O) groups excluding carboxylic acids is 1. The van der Waals surface area contributed by atoms with Gasteiger partial charge in [0.15, 0.2) is 5.96 Å². The minimum absolute atomic E-state index is 0. The zero-order valence-corrected chi connectivity index (χ0v) is 18.0. The van der Waals surface area contributed by atoms with Gasteiger partial charge in [0.2, 0.25) is 0 Å². The van der Waals surface area contributed by atoms with Crippen molar-refractivity contribution in [3.8, 4) is 0 Å². The minimum Gasteiger partial charge on any atom is -0.352 e. The fraction of sp³-hybridized carbons (Fsp3) is 0.353. The Labute approximate surface area is 169 Å². The first-order valence-electron chi connectivity index (χ1n) is 7.66. The van der Waals surface area contributed by atoms with Crippen molar-refractivity contribution in [2.45, 2.75) is 20.0 Å². The lowest BCUT2D eigenvalue weighted by Gasteiger charge is -2.12. The van der Waals surface area contributed by atoms with Gasteiger partial charge in [0.1, 0.15) is 0 Å². The lowest BCUT2D eigenvalue weighted by Crippen LogP contribution is -2.36. The van der Waals surface area contributed by atoms with E-state index in [2.05, 4.69) is 20.6 Å². The molecule has 1 aromatic carbocycles. The molecule has 0 unspecified atom stereocenters. The number of carbonyl (C=O) groups is 1. The van der Waals surface area contributed by atoms with Crippen molar-refractivity contribution in [3.63, 3.8) is 0 Å². The van der Waals surface area contributed by atoms with E-state index < -0.39 is 0 Å². The van der Waals surface area contributed by atoms with Crippen LogP contribution >= 0.6 is 35.3 Å². The van der Waals surface area contributed by atoms with Gasteiger partial charge in [-0.2, -0.15) is 0 Å². The number of benzene rings is 1. The summed E-state index contributed by atoms with van der Waals surface area (Å²) in [5.74, 6) is 0.737. The molecule has 0 aliphatic carbocycles. The van der Waals surface area contributed by atoms with Crippen LogP contribution in [0.5, 0.6) is 0 Å². The Kier molecular flexibility index (Phi) is 8.84. The van der Waals surface area contributed by atoms with Crippen molar-refractivity contribution < 1.29 is 4.79 Å². The van der Waals surface area contributed by atoms with Gasteiger partial charge >= 0.3 is 0 Å². The SMILES string of the molecule is CN=C(NCc1ccc(C(=O)N(C)C)cc1)NCc1cnc(C)s1.I. The molecule has 2 N–H and O–H groups in total. The Hall–Kier alpha value is -1.68. The molecule has 0 bridgehead atoms. The van der Waals surface area contributed by atoms with E-state index >= 15 is 0 Å². The molecule has 136 valence electrons. The summed E-state index contributed by atoms with van der Waals surface area (Å²) < 4.78 is 0. The van der Waals surface area contributed by atoms with Crippen LogP contribution in [0.4, 0.5) is 0 Å². The number of halogens is 1. The van der Waals surface area contributed by atoms with E-state index in [1.165, 1.54) is 4.88 Å². The number of aryl methyl sites for hydroxylation is 1. The fourth-order valence-corrected chi connectivity index (χ4v) is 2.82. The molecular formula is C17H24IN5OS. The van der Waals surface area contributed by atoms with Crippen LogP contribution in [0.3, 0.4) is 0 Å². The zero-order chi connectivity index (χ0) is 17.5. The number of hydrogen-bond acceptors (Lipinski definition) is 4. The van der Waals surface area contributed by atoms with Crippen LogP contribution in [0, 0.1) is 6.92 Å². The van der Waals surface area contributed by atoms with E-state index in [1.807, 2.05) is 37.4 Å². The maximum Gasteiger partial charge on any atom is 0.253 e. The van der Waals surface area contributed by atoms with Crippen LogP contribution in [-0.2, 0) is 13.1 Å². The molecular weight excluding hydrogens is 449 g/mol. The van der Waals surface area contributed by atoms with Crippen molar-refractivity contribution >= 4 is 47.2 Å². The molecule has 0 saturated carbocycles. The zero-order valence-electron chi connectivity index (χ0n) is 14.9. The van der Waals surface area contributed by atoms with E-state index in [4.69, 9.17) is 0 Å². The molecule has 2 rings (SSSR count). The van der Waals surface area contributed by atoms with E-state index in [-0.39, 0.29) is 29.9 Å². The molecule has 0 spiro atoms. The smallest absolute Gasteiger partial charge is 0.253 e. The molecule has 1 aromatic heterocycles. The van der Waals surface area contributed by atoms with Gasteiger partial charge in [-0.15, -0.1) is 35.3 Å². The van der Waals surface area contributed by atoms with Crippen molar-refractivity contribution in [1.29, 1.82) is 0 Å². The van der Waals surface area contributed by atoms with E-state index in [0.29, 0.717) is 18.7 Å². The topological polar surface area (TPSA) is 69.6 Å². The number of thiazole rings is 1. The molecule has 1 amide bonds. The molecule has 0 fully saturated rings. The number of amides is 1. The quantitative estimate of drug-likeness (QED) is 0.398. The molecule has 0 aliphatic rings. The fourth-order valence-electron chi connectivity index (χ4n) is 2.09. The average molecular weight is 473 g/mol. The minimum atomic E-state index is 0. The van der Waals surface area contributed by atoms with Crippen molar-refractivity contribution in [2.24, 2.45) is 4.99 Å². The standard InChI is InChI=1S/C17H23N5OS.HI/c1-12-19-10-15(24-12)11-21-17(18-2)20-9-13-5-7-14(8-6-13)16(23)22(3)4;/h5-8,10H,9,11H2,1-4H3,(H2,18,20,21);1H. The number of nitrogens with zero attached hydrogens (tertiary/aromatic N) is 3. The number of aromatic nitrogens is 1. The summed E-state index contributed by atoms with van der Waals surface area (Å²) >= 11 is 1.67. The van der Waals surface area contributed by atoms with Crippen LogP contribution in [0.2, 0.25) is 0 Å². The molecule has 0 radical (unpaired) electrons. The highest BCUT2D eigenvalue weighted by Gasteiger charge is 2.07. The maximum absolute atomic E-state index is 11.9. The Balaban J connectivity index is 0.00000312. The summed E-state index contributed by atoms with van der Waals surface area (Å²) in [6, 6.07) is 7.58. The molecule has 1 heterocycles. The second-order valence-electron chi connectivity index (χ2n) is 5.52. The lowest BCUT2D eigenvalue weighted by molar-refractivity contribution is 0.0827. The summed E-state index contributed by atoms with van der Waals surface area (Å²) in [5.41, 5.74) is 1.77. The molecule has 2 aromatic rings. The molecule has 8 heteroatoms. The Morgan fingerprint density at radius 2 is 1.84 bits per heavy atom. The van der Waals surface area contributed by atoms with Crippen LogP contribution in [-0.4, -0.2) is 42.9 Å². The van der Waals surface area contributed by atoms with Gasteiger partial charge in [-0.25, -0.2) is 4.98 Å². The lowest BCUT2D eigenvalue weighted by atomic mass is 10.1. The van der Waals surface area contributed by atoms with Crippen LogP contribution in [0.1, 0.15) is 25.8 Å². The van der Waals surface area contributed by atoms with Gasteiger partial charge < -0.3 is 15.5 Å². The first-order valence-corrected chi connectivity index (χ1v) is 8.47. The molecule has 0 aliphatic heterocycles. The van der Waals surface area contributed by atoms with Crippen molar-refractivity contribution in [3.05, 3.63) is 51.5 Å². The van der Waals surface area contributed by atoms with Crippen LogP contribution in [0.25, 0.3) is 0 Å². The largest absolute Gasteiger partial charge is 0.352 e. The normalized spacial score (nSPS) is 10.8. The summed E-state index contributed by atoms with van der Waals surface area (Å²) in [7, 11) is 5.24. The van der Waals surface area contributed by atoms with Gasteiger partial charge in [-0.05, 0) is 24.6 Å². The van der Waals surface area contributed by atoms with Crippen molar-refractivity contribution in [1.82, 2.24) is 20.5 Å². The first kappa shape index (κ1) is 21.4. The van der Waals surface area contributed by atoms with E-state index in [0.717, 1.165) is 16.5 Å². The summed E-state index contributed by atoms with van der Waals surface area (Å²) in [6.45, 7) is 3.32. The summed E-state index contributed by atoms with van der Waals surface area (Å²) in [4.78, 5) is 23.1. The number of guanidine groups is 1. The molecule has 25 heavy (non-hydrogen) atoms. The second kappa shape index (κ2) is 10.3. The van der Waals surface area contributed by atoms with Gasteiger partial charge in [0.05, 0.1) is 11.6 Å². The van der Waals surface area contributed by atoms with Gasteiger partial charge in [0.25, 0.3) is 5.91 Å².